The van der Waals surface area contributed by atoms with Crippen LogP contribution >= 0.6 is 0 Å². The minimum atomic E-state index is 0.576. The first kappa shape index (κ1) is 14.2. The minimum absolute atomic E-state index is 0.576. The molecule has 0 aliphatic heterocycles. The monoisotopic (exact) mass is 235 g/mol. The molecule has 0 saturated carbocycles. The molecule has 0 aliphatic carbocycles. The number of methoxy groups -OCH3 is 1. The average Bonchev–Trinajstić information content (AvgIpc) is 2.32. The van der Waals surface area contributed by atoms with E-state index in [0.29, 0.717) is 6.04 Å². The van der Waals surface area contributed by atoms with Crippen molar-refractivity contribution in [2.45, 2.75) is 39.2 Å². The second kappa shape index (κ2) is 8.26. The van der Waals surface area contributed by atoms with Gasteiger partial charge in [-0.2, -0.15) is 0 Å². The predicted octanol–water partition coefficient (Wildman–Crippen LogP) is 2.94. The molecule has 2 heteroatoms. The van der Waals surface area contributed by atoms with Crippen LogP contribution in [0.15, 0.2) is 24.3 Å². The van der Waals surface area contributed by atoms with Crippen molar-refractivity contribution >= 4 is 0 Å². The van der Waals surface area contributed by atoms with Crippen LogP contribution in [0, 0.1) is 6.92 Å². The van der Waals surface area contributed by atoms with Crippen LogP contribution in [-0.2, 0) is 11.2 Å². The van der Waals surface area contributed by atoms with Crippen molar-refractivity contribution in [1.82, 2.24) is 5.32 Å². The van der Waals surface area contributed by atoms with Gasteiger partial charge in [-0.1, -0.05) is 29.8 Å². The fraction of sp³-hybridized carbons (Fsp3) is 0.600. The fourth-order valence-corrected chi connectivity index (χ4v) is 1.92. The first-order valence-electron chi connectivity index (χ1n) is 6.50. The fourth-order valence-electron chi connectivity index (χ4n) is 1.92. The summed E-state index contributed by atoms with van der Waals surface area (Å²) in [6, 6.07) is 9.35. The lowest BCUT2D eigenvalue weighted by Gasteiger charge is -2.13. The van der Waals surface area contributed by atoms with E-state index in [1.54, 1.807) is 7.11 Å². The molecule has 1 unspecified atom stereocenters. The molecule has 0 bridgehead atoms. The van der Waals surface area contributed by atoms with Gasteiger partial charge in [0.1, 0.15) is 0 Å². The van der Waals surface area contributed by atoms with E-state index in [2.05, 4.69) is 43.4 Å². The van der Waals surface area contributed by atoms with E-state index in [4.69, 9.17) is 4.74 Å². The van der Waals surface area contributed by atoms with Crippen molar-refractivity contribution in [1.29, 1.82) is 0 Å². The third kappa shape index (κ3) is 6.44. The Hall–Kier alpha value is -0.860. The summed E-state index contributed by atoms with van der Waals surface area (Å²) in [5.41, 5.74) is 2.79. The molecule has 0 heterocycles. The molecular weight excluding hydrogens is 210 g/mol. The molecule has 0 aromatic heterocycles. The number of benzene rings is 1. The van der Waals surface area contributed by atoms with Crippen molar-refractivity contribution in [2.24, 2.45) is 0 Å². The van der Waals surface area contributed by atoms with Gasteiger partial charge in [-0.05, 0) is 45.2 Å². The van der Waals surface area contributed by atoms with Crippen LogP contribution in [0.5, 0.6) is 0 Å². The largest absolute Gasteiger partial charge is 0.385 e. The quantitative estimate of drug-likeness (QED) is 0.700. The van der Waals surface area contributed by atoms with Gasteiger partial charge in [-0.15, -0.1) is 0 Å². The van der Waals surface area contributed by atoms with Crippen molar-refractivity contribution in [3.63, 3.8) is 0 Å². The van der Waals surface area contributed by atoms with E-state index in [9.17, 15) is 0 Å². The van der Waals surface area contributed by atoms with Gasteiger partial charge in [0.25, 0.3) is 0 Å². The third-order valence-corrected chi connectivity index (χ3v) is 2.97. The summed E-state index contributed by atoms with van der Waals surface area (Å²) < 4.78 is 5.03. The lowest BCUT2D eigenvalue weighted by Crippen LogP contribution is -2.28. The van der Waals surface area contributed by atoms with E-state index in [1.165, 1.54) is 17.5 Å². The summed E-state index contributed by atoms with van der Waals surface area (Å²) in [4.78, 5) is 0. The van der Waals surface area contributed by atoms with Gasteiger partial charge in [0.05, 0.1) is 0 Å². The van der Waals surface area contributed by atoms with Gasteiger partial charge < -0.3 is 10.1 Å². The Balaban J connectivity index is 2.17. The molecule has 1 aromatic rings. The number of aryl methyl sites for hydroxylation is 2. The summed E-state index contributed by atoms with van der Waals surface area (Å²) in [7, 11) is 1.75. The van der Waals surface area contributed by atoms with Gasteiger partial charge in [-0.3, -0.25) is 0 Å². The van der Waals surface area contributed by atoms with Crippen LogP contribution in [-0.4, -0.2) is 26.3 Å². The Morgan fingerprint density at radius 1 is 1.35 bits per heavy atom. The van der Waals surface area contributed by atoms with E-state index in [0.717, 1.165) is 26.0 Å². The number of rotatable bonds is 8. The molecule has 1 aromatic carbocycles. The second-order valence-corrected chi connectivity index (χ2v) is 4.73. The molecule has 0 radical (unpaired) electrons. The molecule has 1 N–H and O–H groups in total. The summed E-state index contributed by atoms with van der Waals surface area (Å²) in [5.74, 6) is 0. The van der Waals surface area contributed by atoms with Gasteiger partial charge in [0, 0.05) is 19.8 Å². The van der Waals surface area contributed by atoms with Crippen LogP contribution in [0.3, 0.4) is 0 Å². The standard InChI is InChI=1S/C15H25NO/c1-13-6-4-7-15(12-13)9-8-14(2)16-10-5-11-17-3/h4,6-7,12,14,16H,5,8-11H2,1-3H3. The maximum absolute atomic E-state index is 5.03. The highest BCUT2D eigenvalue weighted by atomic mass is 16.5. The highest BCUT2D eigenvalue weighted by molar-refractivity contribution is 5.22. The Morgan fingerprint density at radius 2 is 2.18 bits per heavy atom. The van der Waals surface area contributed by atoms with E-state index in [1.807, 2.05) is 0 Å². The van der Waals surface area contributed by atoms with Crippen LogP contribution in [0.4, 0.5) is 0 Å². The van der Waals surface area contributed by atoms with E-state index >= 15 is 0 Å². The molecule has 1 atom stereocenters. The molecule has 0 amide bonds. The number of hydrogen-bond donors (Lipinski definition) is 1. The Labute approximate surface area is 105 Å². The van der Waals surface area contributed by atoms with Crippen LogP contribution in [0.25, 0.3) is 0 Å². The van der Waals surface area contributed by atoms with Crippen molar-refractivity contribution < 1.29 is 4.74 Å². The van der Waals surface area contributed by atoms with E-state index in [-0.39, 0.29) is 0 Å². The molecule has 0 fully saturated rings. The number of ether oxygens (including phenoxy) is 1. The predicted molar refractivity (Wildman–Crippen MR) is 73.5 cm³/mol. The molecule has 0 saturated heterocycles. The Morgan fingerprint density at radius 3 is 2.88 bits per heavy atom. The molecule has 1 rings (SSSR count). The van der Waals surface area contributed by atoms with Gasteiger partial charge in [0.15, 0.2) is 0 Å². The summed E-state index contributed by atoms with van der Waals surface area (Å²) >= 11 is 0. The van der Waals surface area contributed by atoms with Gasteiger partial charge in [0.2, 0.25) is 0 Å². The highest BCUT2D eigenvalue weighted by Crippen LogP contribution is 2.07. The SMILES string of the molecule is COCCCNC(C)CCc1cccc(C)c1. The van der Waals surface area contributed by atoms with Gasteiger partial charge in [-0.25, -0.2) is 0 Å². The van der Waals surface area contributed by atoms with Crippen molar-refractivity contribution in [3.8, 4) is 0 Å². The smallest absolute Gasteiger partial charge is 0.0474 e. The van der Waals surface area contributed by atoms with Crippen molar-refractivity contribution in [2.75, 3.05) is 20.3 Å². The summed E-state index contributed by atoms with van der Waals surface area (Å²) in [5, 5.41) is 3.52. The maximum Gasteiger partial charge on any atom is 0.0474 e. The summed E-state index contributed by atoms with van der Waals surface area (Å²) in [6.45, 7) is 6.29. The zero-order valence-corrected chi connectivity index (χ0v) is 11.3. The third-order valence-electron chi connectivity index (χ3n) is 2.97. The first-order chi connectivity index (χ1) is 8.22. The van der Waals surface area contributed by atoms with Crippen molar-refractivity contribution in [3.05, 3.63) is 35.4 Å². The molecule has 17 heavy (non-hydrogen) atoms. The van der Waals surface area contributed by atoms with Gasteiger partial charge >= 0.3 is 0 Å². The molecule has 0 aliphatic rings. The Kier molecular flexibility index (Phi) is 6.90. The minimum Gasteiger partial charge on any atom is -0.385 e. The lowest BCUT2D eigenvalue weighted by molar-refractivity contribution is 0.193. The topological polar surface area (TPSA) is 21.3 Å². The average molecular weight is 235 g/mol. The number of nitrogens with one attached hydrogen (secondary N) is 1. The van der Waals surface area contributed by atoms with Crippen LogP contribution < -0.4 is 5.32 Å². The highest BCUT2D eigenvalue weighted by Gasteiger charge is 2.01. The van der Waals surface area contributed by atoms with Crippen LogP contribution in [0.2, 0.25) is 0 Å². The first-order valence-corrected chi connectivity index (χ1v) is 6.50. The zero-order valence-electron chi connectivity index (χ0n) is 11.3. The summed E-state index contributed by atoms with van der Waals surface area (Å²) in [6.07, 6.45) is 3.43. The molecular formula is C15H25NO. The normalized spacial score (nSPS) is 12.6. The number of hydrogen-bond acceptors (Lipinski definition) is 2. The van der Waals surface area contributed by atoms with E-state index < -0.39 is 0 Å². The maximum atomic E-state index is 5.03. The van der Waals surface area contributed by atoms with Crippen LogP contribution in [0.1, 0.15) is 30.9 Å². The second-order valence-electron chi connectivity index (χ2n) is 4.73. The lowest BCUT2D eigenvalue weighted by atomic mass is 10.0. The molecule has 2 nitrogen and oxygen atoms in total. The molecule has 96 valence electrons. The zero-order chi connectivity index (χ0) is 12.5. The Bertz CT molecular complexity index is 312. The molecule has 0 spiro atoms.